The number of carbonyl (C=O) groups excluding carboxylic acids is 2. The van der Waals surface area contributed by atoms with Crippen molar-refractivity contribution in [1.29, 1.82) is 0 Å². The second-order valence-corrected chi connectivity index (χ2v) is 6.26. The lowest BCUT2D eigenvalue weighted by molar-refractivity contribution is -0.121. The van der Waals surface area contributed by atoms with E-state index in [4.69, 9.17) is 0 Å². The lowest BCUT2D eigenvalue weighted by atomic mass is 10.1. The van der Waals surface area contributed by atoms with Crippen molar-refractivity contribution in [3.8, 4) is 11.3 Å². The summed E-state index contributed by atoms with van der Waals surface area (Å²) in [5, 5.41) is 12.4. The lowest BCUT2D eigenvalue weighted by Gasteiger charge is -2.05. The van der Waals surface area contributed by atoms with E-state index < -0.39 is 0 Å². The van der Waals surface area contributed by atoms with E-state index in [1.807, 2.05) is 0 Å². The van der Waals surface area contributed by atoms with Gasteiger partial charge in [-0.3, -0.25) is 14.7 Å². The van der Waals surface area contributed by atoms with Crippen molar-refractivity contribution in [2.24, 2.45) is 0 Å². The molecule has 0 unspecified atom stereocenters. The molecule has 0 spiro atoms. The van der Waals surface area contributed by atoms with Crippen LogP contribution in [0.1, 0.15) is 36.2 Å². The number of carbonyl (C=O) groups is 2. The SMILES string of the molecule is O=C(CCCS)NCCCCNC(=O)c1cc(-c2ccc(F)cc2)n[nH]1. The summed E-state index contributed by atoms with van der Waals surface area (Å²) in [6.45, 7) is 1.11. The van der Waals surface area contributed by atoms with Gasteiger partial charge in [0.1, 0.15) is 11.5 Å². The number of nitrogens with zero attached hydrogens (tertiary/aromatic N) is 1. The van der Waals surface area contributed by atoms with Gasteiger partial charge < -0.3 is 10.6 Å². The third kappa shape index (κ3) is 6.51. The van der Waals surface area contributed by atoms with Crippen LogP contribution in [0.15, 0.2) is 30.3 Å². The molecule has 1 aromatic heterocycles. The van der Waals surface area contributed by atoms with Crippen LogP contribution in [-0.2, 0) is 4.79 Å². The van der Waals surface area contributed by atoms with Gasteiger partial charge in [-0.1, -0.05) is 0 Å². The molecule has 2 amide bonds. The maximum atomic E-state index is 12.9. The third-order valence-electron chi connectivity index (χ3n) is 3.74. The largest absolute Gasteiger partial charge is 0.356 e. The van der Waals surface area contributed by atoms with Gasteiger partial charge in [0, 0.05) is 25.1 Å². The van der Waals surface area contributed by atoms with E-state index in [9.17, 15) is 14.0 Å². The van der Waals surface area contributed by atoms with E-state index in [1.54, 1.807) is 18.2 Å². The second-order valence-electron chi connectivity index (χ2n) is 5.81. The monoisotopic (exact) mass is 378 g/mol. The number of hydrogen-bond acceptors (Lipinski definition) is 4. The number of unbranched alkanes of at least 4 members (excludes halogenated alkanes) is 1. The fourth-order valence-corrected chi connectivity index (χ4v) is 2.47. The molecule has 0 aliphatic rings. The van der Waals surface area contributed by atoms with Crippen molar-refractivity contribution in [3.05, 3.63) is 41.8 Å². The van der Waals surface area contributed by atoms with Crippen molar-refractivity contribution < 1.29 is 14.0 Å². The van der Waals surface area contributed by atoms with Gasteiger partial charge in [0.25, 0.3) is 5.91 Å². The highest BCUT2D eigenvalue weighted by atomic mass is 32.1. The minimum Gasteiger partial charge on any atom is -0.356 e. The zero-order chi connectivity index (χ0) is 18.8. The van der Waals surface area contributed by atoms with E-state index in [1.165, 1.54) is 12.1 Å². The Morgan fingerprint density at radius 3 is 2.46 bits per heavy atom. The van der Waals surface area contributed by atoms with Crippen LogP contribution >= 0.6 is 12.6 Å². The molecule has 26 heavy (non-hydrogen) atoms. The van der Waals surface area contributed by atoms with Gasteiger partial charge in [0.15, 0.2) is 0 Å². The van der Waals surface area contributed by atoms with Gasteiger partial charge in [0.05, 0.1) is 5.69 Å². The Morgan fingerprint density at radius 2 is 1.77 bits per heavy atom. The summed E-state index contributed by atoms with van der Waals surface area (Å²) < 4.78 is 12.9. The highest BCUT2D eigenvalue weighted by Crippen LogP contribution is 2.17. The van der Waals surface area contributed by atoms with Crippen LogP contribution in [0.5, 0.6) is 0 Å². The molecule has 6 nitrogen and oxygen atoms in total. The first-order valence-electron chi connectivity index (χ1n) is 8.57. The number of thiol groups is 1. The van der Waals surface area contributed by atoms with E-state index in [-0.39, 0.29) is 17.6 Å². The zero-order valence-electron chi connectivity index (χ0n) is 14.4. The minimum atomic E-state index is -0.319. The summed E-state index contributed by atoms with van der Waals surface area (Å²) in [7, 11) is 0. The Bertz CT molecular complexity index is 718. The smallest absolute Gasteiger partial charge is 0.269 e. The summed E-state index contributed by atoms with van der Waals surface area (Å²) in [6.07, 6.45) is 2.82. The van der Waals surface area contributed by atoms with Crippen LogP contribution in [0.4, 0.5) is 4.39 Å². The molecule has 0 atom stereocenters. The van der Waals surface area contributed by atoms with Crippen LogP contribution in [0.3, 0.4) is 0 Å². The minimum absolute atomic E-state index is 0.0360. The molecule has 0 aliphatic heterocycles. The van der Waals surface area contributed by atoms with Crippen molar-refractivity contribution >= 4 is 24.4 Å². The predicted molar refractivity (Wildman–Crippen MR) is 102 cm³/mol. The number of amides is 2. The van der Waals surface area contributed by atoms with Crippen LogP contribution < -0.4 is 10.6 Å². The average molecular weight is 378 g/mol. The number of hydrogen-bond donors (Lipinski definition) is 4. The number of benzene rings is 1. The van der Waals surface area contributed by atoms with Crippen molar-refractivity contribution in [1.82, 2.24) is 20.8 Å². The highest BCUT2D eigenvalue weighted by molar-refractivity contribution is 7.80. The maximum Gasteiger partial charge on any atom is 0.269 e. The standard InChI is InChI=1S/C18H23FN4O2S/c19-14-7-5-13(6-8-14)15-12-16(23-22-15)18(25)21-10-2-1-9-20-17(24)4-3-11-26/h5-8,12,26H,1-4,9-11H2,(H,20,24)(H,21,25)(H,22,23). The molecule has 0 fully saturated rings. The molecule has 0 radical (unpaired) electrons. The van der Waals surface area contributed by atoms with Gasteiger partial charge in [-0.05, 0) is 55.3 Å². The maximum absolute atomic E-state index is 12.9. The quantitative estimate of drug-likeness (QED) is 0.379. The fourth-order valence-electron chi connectivity index (χ4n) is 2.31. The molecule has 0 saturated heterocycles. The molecule has 140 valence electrons. The third-order valence-corrected chi connectivity index (χ3v) is 4.05. The van der Waals surface area contributed by atoms with E-state index >= 15 is 0 Å². The Morgan fingerprint density at radius 1 is 1.08 bits per heavy atom. The second kappa shape index (κ2) is 10.6. The Kier molecular flexibility index (Phi) is 8.14. The zero-order valence-corrected chi connectivity index (χ0v) is 15.3. The molecule has 0 bridgehead atoms. The number of halogens is 1. The summed E-state index contributed by atoms with van der Waals surface area (Å²) in [5.41, 5.74) is 1.67. The average Bonchev–Trinajstić information content (AvgIpc) is 3.13. The van der Waals surface area contributed by atoms with Crippen LogP contribution in [-0.4, -0.2) is 40.9 Å². The topological polar surface area (TPSA) is 86.9 Å². The number of nitrogens with one attached hydrogen (secondary N) is 3. The fraction of sp³-hybridized carbons (Fsp3) is 0.389. The molecule has 0 aliphatic carbocycles. The number of H-pyrrole nitrogens is 1. The van der Waals surface area contributed by atoms with Crippen LogP contribution in [0.25, 0.3) is 11.3 Å². The van der Waals surface area contributed by atoms with Crippen LogP contribution in [0, 0.1) is 5.82 Å². The Hall–Kier alpha value is -2.35. The van der Waals surface area contributed by atoms with Gasteiger partial charge in [-0.15, -0.1) is 0 Å². The molecule has 1 aromatic carbocycles. The van der Waals surface area contributed by atoms with Crippen molar-refractivity contribution in [2.75, 3.05) is 18.8 Å². The molecule has 8 heteroatoms. The summed E-state index contributed by atoms with van der Waals surface area (Å²) in [6, 6.07) is 7.54. The molecular weight excluding hydrogens is 355 g/mol. The van der Waals surface area contributed by atoms with Gasteiger partial charge in [0.2, 0.25) is 5.91 Å². The number of aromatic nitrogens is 2. The summed E-state index contributed by atoms with van der Waals surface area (Å²) in [5.74, 6) is 0.174. The van der Waals surface area contributed by atoms with E-state index in [0.29, 0.717) is 36.7 Å². The number of aromatic amines is 1. The molecule has 0 saturated carbocycles. The van der Waals surface area contributed by atoms with Crippen molar-refractivity contribution in [3.63, 3.8) is 0 Å². The first kappa shape index (κ1) is 20.0. The van der Waals surface area contributed by atoms with Gasteiger partial charge >= 0.3 is 0 Å². The van der Waals surface area contributed by atoms with Gasteiger partial charge in [-0.25, -0.2) is 4.39 Å². The Balaban J connectivity index is 1.67. The summed E-state index contributed by atoms with van der Waals surface area (Å²) in [4.78, 5) is 23.5. The molecule has 2 rings (SSSR count). The molecule has 1 heterocycles. The number of rotatable bonds is 10. The highest BCUT2D eigenvalue weighted by Gasteiger charge is 2.10. The van der Waals surface area contributed by atoms with E-state index in [2.05, 4.69) is 33.5 Å². The van der Waals surface area contributed by atoms with Crippen molar-refractivity contribution in [2.45, 2.75) is 25.7 Å². The summed E-state index contributed by atoms with van der Waals surface area (Å²) >= 11 is 4.07. The predicted octanol–water partition coefficient (Wildman–Crippen LogP) is 2.55. The lowest BCUT2D eigenvalue weighted by Crippen LogP contribution is -2.27. The normalized spacial score (nSPS) is 10.5. The molecular formula is C18H23FN4O2S. The first-order valence-corrected chi connectivity index (χ1v) is 9.20. The van der Waals surface area contributed by atoms with Crippen LogP contribution in [0.2, 0.25) is 0 Å². The van der Waals surface area contributed by atoms with Gasteiger partial charge in [-0.2, -0.15) is 17.7 Å². The molecule has 3 N–H and O–H groups in total. The molecule has 2 aromatic rings. The van der Waals surface area contributed by atoms with E-state index in [0.717, 1.165) is 24.8 Å². The first-order chi connectivity index (χ1) is 12.6. The Labute approximate surface area is 157 Å².